The molecule has 20 heavy (non-hydrogen) atoms. The molecule has 0 aromatic carbocycles. The van der Waals surface area contributed by atoms with Gasteiger partial charge in [0.25, 0.3) is 0 Å². The standard InChI is InChI=1S/C16H24O4/c1-4-15(2,3)11-5-8-16(19,9-6-11)13-12(14(17)18)7-10-20-13/h7,10-11,19H,4-6,8-9H2,1-3H3,(H,17,18). The summed E-state index contributed by atoms with van der Waals surface area (Å²) in [5.41, 5.74) is -0.779. The second-order valence-electron chi connectivity index (χ2n) is 6.62. The molecule has 112 valence electrons. The first-order valence-electron chi connectivity index (χ1n) is 7.34. The van der Waals surface area contributed by atoms with Gasteiger partial charge in [-0.2, -0.15) is 0 Å². The van der Waals surface area contributed by atoms with E-state index < -0.39 is 11.6 Å². The van der Waals surface area contributed by atoms with Crippen molar-refractivity contribution in [2.45, 2.75) is 58.5 Å². The number of furan rings is 1. The van der Waals surface area contributed by atoms with E-state index in [9.17, 15) is 9.90 Å². The Labute approximate surface area is 119 Å². The highest BCUT2D eigenvalue weighted by Gasteiger charge is 2.43. The smallest absolute Gasteiger partial charge is 0.339 e. The molecule has 0 radical (unpaired) electrons. The number of carbonyl (C=O) groups is 1. The third kappa shape index (κ3) is 2.62. The Kier molecular flexibility index (Phi) is 3.96. The van der Waals surface area contributed by atoms with E-state index in [0.717, 1.165) is 19.3 Å². The molecule has 0 saturated heterocycles. The molecule has 1 aliphatic rings. The highest BCUT2D eigenvalue weighted by Crippen LogP contribution is 2.47. The zero-order chi connectivity index (χ0) is 15.0. The number of carboxylic acids is 1. The molecular weight excluding hydrogens is 256 g/mol. The molecule has 0 bridgehead atoms. The van der Waals surface area contributed by atoms with Gasteiger partial charge in [0, 0.05) is 0 Å². The van der Waals surface area contributed by atoms with Gasteiger partial charge in [-0.25, -0.2) is 4.79 Å². The minimum Gasteiger partial charge on any atom is -0.478 e. The summed E-state index contributed by atoms with van der Waals surface area (Å²) in [5.74, 6) is -0.257. The topological polar surface area (TPSA) is 70.7 Å². The number of hydrogen-bond acceptors (Lipinski definition) is 3. The molecule has 1 aliphatic carbocycles. The van der Waals surface area contributed by atoms with Crippen molar-refractivity contribution in [2.24, 2.45) is 11.3 Å². The van der Waals surface area contributed by atoms with Crippen LogP contribution in [0, 0.1) is 11.3 Å². The summed E-state index contributed by atoms with van der Waals surface area (Å²) in [6.45, 7) is 6.71. The van der Waals surface area contributed by atoms with Gasteiger partial charge in [0.05, 0.1) is 6.26 Å². The van der Waals surface area contributed by atoms with Crippen molar-refractivity contribution >= 4 is 5.97 Å². The number of aromatic carboxylic acids is 1. The lowest BCUT2D eigenvalue weighted by Gasteiger charge is -2.41. The largest absolute Gasteiger partial charge is 0.478 e. The van der Waals surface area contributed by atoms with Crippen LogP contribution in [-0.4, -0.2) is 16.2 Å². The highest BCUT2D eigenvalue weighted by atomic mass is 16.4. The highest BCUT2D eigenvalue weighted by molar-refractivity contribution is 5.89. The van der Waals surface area contributed by atoms with Crippen LogP contribution >= 0.6 is 0 Å². The lowest BCUT2D eigenvalue weighted by molar-refractivity contribution is -0.0487. The van der Waals surface area contributed by atoms with Gasteiger partial charge in [-0.3, -0.25) is 0 Å². The molecule has 2 rings (SSSR count). The average Bonchev–Trinajstić information content (AvgIpc) is 2.89. The first-order valence-corrected chi connectivity index (χ1v) is 7.34. The van der Waals surface area contributed by atoms with E-state index in [1.165, 1.54) is 12.3 Å². The Morgan fingerprint density at radius 3 is 2.55 bits per heavy atom. The predicted octanol–water partition coefficient (Wildman–Crippen LogP) is 3.79. The Hall–Kier alpha value is -1.29. The fourth-order valence-electron chi connectivity index (χ4n) is 3.23. The second-order valence-corrected chi connectivity index (χ2v) is 6.62. The zero-order valence-electron chi connectivity index (χ0n) is 12.5. The van der Waals surface area contributed by atoms with Gasteiger partial charge in [-0.15, -0.1) is 0 Å². The molecule has 1 aromatic rings. The van der Waals surface area contributed by atoms with Crippen molar-refractivity contribution < 1.29 is 19.4 Å². The summed E-state index contributed by atoms with van der Waals surface area (Å²) in [7, 11) is 0. The van der Waals surface area contributed by atoms with E-state index in [4.69, 9.17) is 9.52 Å². The molecule has 1 heterocycles. The van der Waals surface area contributed by atoms with Crippen LogP contribution in [0.25, 0.3) is 0 Å². The van der Waals surface area contributed by atoms with Gasteiger partial charge in [-0.1, -0.05) is 27.2 Å². The van der Waals surface area contributed by atoms with Gasteiger partial charge in [0.2, 0.25) is 0 Å². The Morgan fingerprint density at radius 2 is 2.05 bits per heavy atom. The van der Waals surface area contributed by atoms with Crippen LogP contribution in [0.2, 0.25) is 0 Å². The van der Waals surface area contributed by atoms with Gasteiger partial charge in [0.15, 0.2) is 0 Å². The lowest BCUT2D eigenvalue weighted by Crippen LogP contribution is -2.36. The predicted molar refractivity (Wildman–Crippen MR) is 75.6 cm³/mol. The maximum atomic E-state index is 11.2. The van der Waals surface area contributed by atoms with Crippen LogP contribution in [-0.2, 0) is 5.60 Å². The molecule has 0 atom stereocenters. The molecule has 1 fully saturated rings. The molecule has 2 N–H and O–H groups in total. The van der Waals surface area contributed by atoms with E-state index in [-0.39, 0.29) is 16.7 Å². The van der Waals surface area contributed by atoms with Crippen LogP contribution in [0.4, 0.5) is 0 Å². The molecule has 1 saturated carbocycles. The van der Waals surface area contributed by atoms with Crippen molar-refractivity contribution in [3.8, 4) is 0 Å². The Bertz CT molecular complexity index is 478. The molecular formula is C16H24O4. The number of carboxylic acid groups (broad SMARTS) is 1. The van der Waals surface area contributed by atoms with E-state index in [0.29, 0.717) is 18.8 Å². The Balaban J connectivity index is 2.16. The summed E-state index contributed by atoms with van der Waals surface area (Å²) >= 11 is 0. The first-order chi connectivity index (χ1) is 9.30. The maximum absolute atomic E-state index is 11.2. The first kappa shape index (κ1) is 15.1. The van der Waals surface area contributed by atoms with Gasteiger partial charge in [-0.05, 0) is 43.1 Å². The minimum atomic E-state index is -1.13. The maximum Gasteiger partial charge on any atom is 0.339 e. The normalized spacial score (nSPS) is 27.5. The molecule has 4 nitrogen and oxygen atoms in total. The van der Waals surface area contributed by atoms with Crippen LogP contribution < -0.4 is 0 Å². The number of aliphatic hydroxyl groups is 1. The summed E-state index contributed by atoms with van der Waals surface area (Å²) < 4.78 is 5.28. The van der Waals surface area contributed by atoms with Gasteiger partial charge >= 0.3 is 5.97 Å². The monoisotopic (exact) mass is 280 g/mol. The fourth-order valence-corrected chi connectivity index (χ4v) is 3.23. The zero-order valence-corrected chi connectivity index (χ0v) is 12.5. The second kappa shape index (κ2) is 5.24. The quantitative estimate of drug-likeness (QED) is 0.880. The van der Waals surface area contributed by atoms with Gasteiger partial charge in [0.1, 0.15) is 16.9 Å². The summed E-state index contributed by atoms with van der Waals surface area (Å²) in [6.07, 6.45) is 5.38. The van der Waals surface area contributed by atoms with Crippen LogP contribution in [0.15, 0.2) is 16.7 Å². The van der Waals surface area contributed by atoms with Crippen molar-refractivity contribution in [1.82, 2.24) is 0 Å². The van der Waals surface area contributed by atoms with E-state index in [1.807, 2.05) is 0 Å². The number of hydrogen-bond donors (Lipinski definition) is 2. The van der Waals surface area contributed by atoms with E-state index >= 15 is 0 Å². The lowest BCUT2D eigenvalue weighted by atomic mass is 9.66. The van der Waals surface area contributed by atoms with Crippen LogP contribution in [0.3, 0.4) is 0 Å². The fraction of sp³-hybridized carbons (Fsp3) is 0.688. The van der Waals surface area contributed by atoms with Crippen molar-refractivity contribution in [3.05, 3.63) is 23.7 Å². The molecule has 0 unspecified atom stereocenters. The average molecular weight is 280 g/mol. The molecule has 0 aliphatic heterocycles. The Morgan fingerprint density at radius 1 is 1.45 bits per heavy atom. The van der Waals surface area contributed by atoms with Crippen molar-refractivity contribution in [3.63, 3.8) is 0 Å². The minimum absolute atomic E-state index is 0.0840. The summed E-state index contributed by atoms with van der Waals surface area (Å²) in [6, 6.07) is 1.41. The summed E-state index contributed by atoms with van der Waals surface area (Å²) in [4.78, 5) is 11.2. The summed E-state index contributed by atoms with van der Waals surface area (Å²) in [5, 5.41) is 19.9. The molecule has 0 spiro atoms. The molecule has 1 aromatic heterocycles. The molecule has 4 heteroatoms. The SMILES string of the molecule is CCC(C)(C)C1CCC(O)(c2occc2C(=O)O)CC1. The molecule has 0 amide bonds. The van der Waals surface area contributed by atoms with Crippen LogP contribution in [0.5, 0.6) is 0 Å². The van der Waals surface area contributed by atoms with Gasteiger partial charge < -0.3 is 14.6 Å². The third-order valence-electron chi connectivity index (χ3n) is 5.15. The number of rotatable bonds is 4. The van der Waals surface area contributed by atoms with E-state index in [2.05, 4.69) is 20.8 Å². The van der Waals surface area contributed by atoms with Crippen LogP contribution in [0.1, 0.15) is 69.0 Å². The third-order valence-corrected chi connectivity index (χ3v) is 5.15. The van der Waals surface area contributed by atoms with E-state index in [1.54, 1.807) is 0 Å². The van der Waals surface area contributed by atoms with Crippen molar-refractivity contribution in [1.29, 1.82) is 0 Å². The van der Waals surface area contributed by atoms with Crippen molar-refractivity contribution in [2.75, 3.05) is 0 Å².